The summed E-state index contributed by atoms with van der Waals surface area (Å²) in [5.41, 5.74) is 2.32. The number of imidazole rings is 1. The van der Waals surface area contributed by atoms with Crippen LogP contribution in [0.3, 0.4) is 0 Å². The number of Topliss-reactive ketones (excluding diaryl/α,β-unsaturated/α-hetero) is 1. The molecule has 30 heavy (non-hydrogen) atoms. The monoisotopic (exact) mass is 420 g/mol. The van der Waals surface area contributed by atoms with Gasteiger partial charge in [0.2, 0.25) is 0 Å². The zero-order chi connectivity index (χ0) is 21.3. The normalized spacial score (nSPS) is 11.1. The van der Waals surface area contributed by atoms with E-state index in [1.54, 1.807) is 23.7 Å². The van der Waals surface area contributed by atoms with Gasteiger partial charge in [-0.15, -0.1) is 0 Å². The van der Waals surface area contributed by atoms with Crippen LogP contribution >= 0.6 is 11.8 Å². The number of benzene rings is 2. The lowest BCUT2D eigenvalue weighted by molar-refractivity contribution is 0.102. The topological polar surface area (TPSA) is 89.8 Å². The maximum atomic E-state index is 12.6. The summed E-state index contributed by atoms with van der Waals surface area (Å²) in [6, 6.07) is 17.0. The van der Waals surface area contributed by atoms with Gasteiger partial charge in [0.05, 0.1) is 12.3 Å². The van der Waals surface area contributed by atoms with Crippen LogP contribution in [0.4, 0.5) is 0 Å². The predicted molar refractivity (Wildman–Crippen MR) is 117 cm³/mol. The summed E-state index contributed by atoms with van der Waals surface area (Å²) in [6.45, 7) is 2.40. The van der Waals surface area contributed by atoms with Crippen molar-refractivity contribution in [1.29, 1.82) is 0 Å². The molecule has 2 heterocycles. The number of H-pyrrole nitrogens is 1. The molecule has 0 unspecified atom stereocenters. The molecule has 0 amide bonds. The van der Waals surface area contributed by atoms with Gasteiger partial charge in [-0.1, -0.05) is 71.9 Å². The molecule has 8 heteroatoms. The van der Waals surface area contributed by atoms with Crippen molar-refractivity contribution in [3.8, 4) is 0 Å². The lowest BCUT2D eigenvalue weighted by atomic mass is 10.1. The zero-order valence-corrected chi connectivity index (χ0v) is 17.4. The number of nitrogens with one attached hydrogen (secondary N) is 1. The minimum absolute atomic E-state index is 0.0300. The van der Waals surface area contributed by atoms with Crippen LogP contribution in [0.2, 0.25) is 0 Å². The van der Waals surface area contributed by atoms with Gasteiger partial charge >= 0.3 is 5.69 Å². The number of ketones is 1. The van der Waals surface area contributed by atoms with E-state index in [0.29, 0.717) is 28.4 Å². The third kappa shape index (κ3) is 3.86. The van der Waals surface area contributed by atoms with Crippen molar-refractivity contribution in [2.45, 2.75) is 18.6 Å². The van der Waals surface area contributed by atoms with Gasteiger partial charge in [0.25, 0.3) is 5.56 Å². The van der Waals surface area contributed by atoms with Gasteiger partial charge in [-0.25, -0.2) is 9.78 Å². The SMILES string of the molecule is Cc1cccc(Cn2c(SCC(=O)c3ccccc3)nc3c2c(=O)[nH]c(=O)n3C)c1. The van der Waals surface area contributed by atoms with Crippen molar-refractivity contribution in [3.05, 3.63) is 92.1 Å². The highest BCUT2D eigenvalue weighted by molar-refractivity contribution is 7.99. The van der Waals surface area contributed by atoms with Crippen molar-refractivity contribution < 1.29 is 4.79 Å². The van der Waals surface area contributed by atoms with Crippen molar-refractivity contribution in [3.63, 3.8) is 0 Å². The summed E-state index contributed by atoms with van der Waals surface area (Å²) in [5.74, 6) is 0.144. The maximum absolute atomic E-state index is 12.6. The Morgan fingerprint density at radius 1 is 1.10 bits per heavy atom. The molecular weight excluding hydrogens is 400 g/mol. The molecule has 2 aromatic carbocycles. The highest BCUT2D eigenvalue weighted by Gasteiger charge is 2.19. The number of carbonyl (C=O) groups excluding carboxylic acids is 1. The number of aromatic amines is 1. The van der Waals surface area contributed by atoms with Crippen LogP contribution in [0.1, 0.15) is 21.5 Å². The van der Waals surface area contributed by atoms with E-state index < -0.39 is 11.2 Å². The van der Waals surface area contributed by atoms with E-state index in [0.717, 1.165) is 11.1 Å². The number of aryl methyl sites for hydroxylation is 2. The van der Waals surface area contributed by atoms with Gasteiger partial charge in [0, 0.05) is 12.6 Å². The Balaban J connectivity index is 1.76. The first-order chi connectivity index (χ1) is 14.4. The fourth-order valence-corrected chi connectivity index (χ4v) is 4.19. The standard InChI is InChI=1S/C22H20N4O3S/c1-14-7-6-8-15(11-14)12-26-18-19(25(2)21(29)24-20(18)28)23-22(26)30-13-17(27)16-9-4-3-5-10-16/h3-11H,12-13H2,1-2H3,(H,24,28,29). The van der Waals surface area contributed by atoms with E-state index >= 15 is 0 Å². The van der Waals surface area contributed by atoms with E-state index in [4.69, 9.17) is 0 Å². The number of fused-ring (bicyclic) bond motifs is 1. The zero-order valence-electron chi connectivity index (χ0n) is 16.6. The van der Waals surface area contributed by atoms with Crippen molar-refractivity contribution in [2.24, 2.45) is 7.05 Å². The molecule has 0 saturated carbocycles. The number of carbonyl (C=O) groups is 1. The molecule has 1 N–H and O–H groups in total. The molecule has 0 saturated heterocycles. The fourth-order valence-electron chi connectivity index (χ4n) is 3.30. The van der Waals surface area contributed by atoms with E-state index in [1.165, 1.54) is 16.3 Å². The number of nitrogens with zero attached hydrogens (tertiary/aromatic N) is 3. The molecular formula is C22H20N4O3S. The van der Waals surface area contributed by atoms with Gasteiger partial charge in [0.15, 0.2) is 22.1 Å². The Morgan fingerprint density at radius 2 is 1.87 bits per heavy atom. The van der Waals surface area contributed by atoms with Crippen LogP contribution in [0.25, 0.3) is 11.2 Å². The summed E-state index contributed by atoms with van der Waals surface area (Å²) in [4.78, 5) is 44.0. The largest absolute Gasteiger partial charge is 0.329 e. The maximum Gasteiger partial charge on any atom is 0.329 e. The second-order valence-electron chi connectivity index (χ2n) is 7.04. The molecule has 152 valence electrons. The second-order valence-corrected chi connectivity index (χ2v) is 7.98. The van der Waals surface area contributed by atoms with Crippen LogP contribution < -0.4 is 11.2 Å². The highest BCUT2D eigenvalue weighted by atomic mass is 32.2. The lowest BCUT2D eigenvalue weighted by Crippen LogP contribution is -2.29. The summed E-state index contributed by atoms with van der Waals surface area (Å²) in [7, 11) is 1.56. The molecule has 0 bridgehead atoms. The molecule has 0 fully saturated rings. The minimum atomic E-state index is -0.524. The van der Waals surface area contributed by atoms with Gasteiger partial charge in [0.1, 0.15) is 0 Å². The number of hydrogen-bond donors (Lipinski definition) is 1. The predicted octanol–water partition coefficient (Wildman–Crippen LogP) is 2.76. The fraction of sp³-hybridized carbons (Fsp3) is 0.182. The van der Waals surface area contributed by atoms with Gasteiger partial charge in [-0.3, -0.25) is 19.1 Å². The second kappa shape index (κ2) is 8.16. The minimum Gasteiger partial charge on any atom is -0.309 e. The molecule has 0 aliphatic rings. The summed E-state index contributed by atoms with van der Waals surface area (Å²) >= 11 is 1.26. The Hall–Kier alpha value is -3.39. The smallest absolute Gasteiger partial charge is 0.309 e. The highest BCUT2D eigenvalue weighted by Crippen LogP contribution is 2.24. The molecule has 0 aliphatic carbocycles. The van der Waals surface area contributed by atoms with E-state index in [1.807, 2.05) is 49.4 Å². The van der Waals surface area contributed by atoms with Crippen molar-refractivity contribution in [2.75, 3.05) is 5.75 Å². The number of thioether (sulfide) groups is 1. The molecule has 2 aromatic heterocycles. The average molecular weight is 420 g/mol. The molecule has 4 rings (SSSR count). The van der Waals surface area contributed by atoms with Crippen LogP contribution in [0, 0.1) is 6.92 Å². The van der Waals surface area contributed by atoms with Gasteiger partial charge in [-0.2, -0.15) is 0 Å². The third-order valence-corrected chi connectivity index (χ3v) is 5.80. The summed E-state index contributed by atoms with van der Waals surface area (Å²) in [6.07, 6.45) is 0. The lowest BCUT2D eigenvalue weighted by Gasteiger charge is -2.09. The van der Waals surface area contributed by atoms with Gasteiger partial charge in [-0.05, 0) is 12.5 Å². The van der Waals surface area contributed by atoms with Crippen LogP contribution in [-0.2, 0) is 13.6 Å². The Kier molecular flexibility index (Phi) is 5.41. The first kappa shape index (κ1) is 19.9. The van der Waals surface area contributed by atoms with Crippen LogP contribution in [0.15, 0.2) is 69.3 Å². The van der Waals surface area contributed by atoms with Crippen molar-refractivity contribution in [1.82, 2.24) is 19.1 Å². The molecule has 0 aliphatic heterocycles. The summed E-state index contributed by atoms with van der Waals surface area (Å²) in [5, 5.41) is 0.516. The quantitative estimate of drug-likeness (QED) is 0.383. The average Bonchev–Trinajstić information content (AvgIpc) is 3.10. The first-order valence-corrected chi connectivity index (χ1v) is 10.4. The Labute approximate surface area is 176 Å². The molecule has 0 atom stereocenters. The van der Waals surface area contributed by atoms with E-state index in [2.05, 4.69) is 9.97 Å². The number of hydrogen-bond acceptors (Lipinski definition) is 5. The number of aromatic nitrogens is 4. The Bertz CT molecular complexity index is 1350. The molecule has 4 aromatic rings. The number of rotatable bonds is 6. The molecule has 0 radical (unpaired) electrons. The van der Waals surface area contributed by atoms with E-state index in [-0.39, 0.29) is 11.5 Å². The van der Waals surface area contributed by atoms with Crippen LogP contribution in [0.5, 0.6) is 0 Å². The molecule has 7 nitrogen and oxygen atoms in total. The van der Waals surface area contributed by atoms with Gasteiger partial charge < -0.3 is 4.57 Å². The van der Waals surface area contributed by atoms with E-state index in [9.17, 15) is 14.4 Å². The Morgan fingerprint density at radius 3 is 2.60 bits per heavy atom. The van der Waals surface area contributed by atoms with Crippen LogP contribution in [-0.4, -0.2) is 30.6 Å². The summed E-state index contributed by atoms with van der Waals surface area (Å²) < 4.78 is 3.08. The molecule has 0 spiro atoms. The third-order valence-electron chi connectivity index (χ3n) is 4.82. The first-order valence-electron chi connectivity index (χ1n) is 9.40. The van der Waals surface area contributed by atoms with Crippen molar-refractivity contribution >= 4 is 28.7 Å².